The molecule has 0 amide bonds. The second-order valence-electron chi connectivity index (χ2n) is 4.17. The molecule has 92 valence electrons. The van der Waals surface area contributed by atoms with Crippen molar-refractivity contribution < 1.29 is 4.84 Å². The molecular formula is C15H11N3O. The molecule has 0 N–H and O–H groups in total. The molecule has 0 saturated carbocycles. The summed E-state index contributed by atoms with van der Waals surface area (Å²) in [6.07, 6.45) is 0. The van der Waals surface area contributed by atoms with Gasteiger partial charge in [-0.25, -0.2) is 4.98 Å². The molecule has 0 aliphatic carbocycles. The van der Waals surface area contributed by atoms with Crippen molar-refractivity contribution in [2.75, 3.05) is 0 Å². The van der Waals surface area contributed by atoms with Gasteiger partial charge < -0.3 is 4.84 Å². The fourth-order valence-electron chi connectivity index (χ4n) is 1.95. The number of imidazole rings is 1. The van der Waals surface area contributed by atoms with E-state index in [4.69, 9.17) is 10.1 Å². The number of nitriles is 1. The Balaban J connectivity index is 2.12. The van der Waals surface area contributed by atoms with Crippen molar-refractivity contribution in [1.29, 1.82) is 5.26 Å². The van der Waals surface area contributed by atoms with Crippen LogP contribution in [0.3, 0.4) is 0 Å². The molecule has 0 aliphatic rings. The summed E-state index contributed by atoms with van der Waals surface area (Å²) in [5.74, 6) is 1.47. The molecule has 19 heavy (non-hydrogen) atoms. The summed E-state index contributed by atoms with van der Waals surface area (Å²) in [4.78, 5) is 10.2. The predicted molar refractivity (Wildman–Crippen MR) is 71.7 cm³/mol. The van der Waals surface area contributed by atoms with E-state index in [0.717, 1.165) is 22.6 Å². The van der Waals surface area contributed by atoms with Crippen molar-refractivity contribution in [3.8, 4) is 11.8 Å². The summed E-state index contributed by atoms with van der Waals surface area (Å²) >= 11 is 0. The van der Waals surface area contributed by atoms with Crippen LogP contribution in [0.5, 0.6) is 5.75 Å². The lowest BCUT2D eigenvalue weighted by molar-refractivity contribution is 0.220. The van der Waals surface area contributed by atoms with Gasteiger partial charge in [0.25, 0.3) is 0 Å². The minimum absolute atomic E-state index is 0.588. The van der Waals surface area contributed by atoms with E-state index in [9.17, 15) is 0 Å². The molecule has 4 nitrogen and oxygen atoms in total. The Morgan fingerprint density at radius 3 is 2.68 bits per heavy atom. The molecule has 0 radical (unpaired) electrons. The topological polar surface area (TPSA) is 50.8 Å². The lowest BCUT2D eigenvalue weighted by Crippen LogP contribution is -2.06. The fraction of sp³-hybridized carbons (Fsp3) is 0.0667. The van der Waals surface area contributed by atoms with E-state index in [1.807, 2.05) is 43.3 Å². The summed E-state index contributed by atoms with van der Waals surface area (Å²) < 4.78 is 1.64. The third-order valence-electron chi connectivity index (χ3n) is 2.84. The minimum atomic E-state index is 0.588. The molecule has 0 saturated heterocycles. The average Bonchev–Trinajstić information content (AvgIpc) is 2.76. The number of hydrogen-bond acceptors (Lipinski definition) is 3. The summed E-state index contributed by atoms with van der Waals surface area (Å²) in [5, 5.41) is 8.96. The zero-order valence-corrected chi connectivity index (χ0v) is 10.4. The maximum Gasteiger partial charge on any atom is 0.155 e. The van der Waals surface area contributed by atoms with Crippen molar-refractivity contribution in [3.05, 3.63) is 59.9 Å². The molecule has 0 fully saturated rings. The normalized spacial score (nSPS) is 10.3. The number of nitrogens with zero attached hydrogens (tertiary/aromatic N) is 3. The van der Waals surface area contributed by atoms with Crippen LogP contribution in [0.25, 0.3) is 11.0 Å². The van der Waals surface area contributed by atoms with Gasteiger partial charge in [0, 0.05) is 0 Å². The van der Waals surface area contributed by atoms with Crippen LogP contribution in [-0.4, -0.2) is 9.71 Å². The second kappa shape index (κ2) is 4.46. The molecule has 0 atom stereocenters. The molecule has 1 aromatic heterocycles. The van der Waals surface area contributed by atoms with Crippen LogP contribution in [-0.2, 0) is 0 Å². The number of fused-ring (bicyclic) bond motifs is 1. The highest BCUT2D eigenvalue weighted by molar-refractivity contribution is 5.77. The lowest BCUT2D eigenvalue weighted by atomic mass is 10.2. The number of aryl methyl sites for hydroxylation is 1. The van der Waals surface area contributed by atoms with Gasteiger partial charge in [-0.1, -0.05) is 18.2 Å². The summed E-state index contributed by atoms with van der Waals surface area (Å²) in [6.45, 7) is 1.87. The van der Waals surface area contributed by atoms with Crippen molar-refractivity contribution in [2.24, 2.45) is 0 Å². The minimum Gasteiger partial charge on any atom is -0.373 e. The maximum atomic E-state index is 8.96. The molecule has 2 aromatic carbocycles. The highest BCUT2D eigenvalue weighted by atomic mass is 16.7. The van der Waals surface area contributed by atoms with Crippen LogP contribution in [0.2, 0.25) is 0 Å². The quantitative estimate of drug-likeness (QED) is 0.701. The largest absolute Gasteiger partial charge is 0.373 e. The third kappa shape index (κ3) is 2.02. The number of hydrogen-bond donors (Lipinski definition) is 0. The highest BCUT2D eigenvalue weighted by Crippen LogP contribution is 2.19. The Morgan fingerprint density at radius 2 is 1.95 bits per heavy atom. The van der Waals surface area contributed by atoms with Crippen LogP contribution in [0, 0.1) is 18.3 Å². The number of rotatable bonds is 2. The van der Waals surface area contributed by atoms with Gasteiger partial charge in [-0.15, -0.1) is 0 Å². The summed E-state index contributed by atoms with van der Waals surface area (Å²) in [7, 11) is 0. The van der Waals surface area contributed by atoms with Gasteiger partial charge in [-0.3, -0.25) is 0 Å². The SMILES string of the molecule is Cc1nc2ccc(C#N)cc2n1Oc1ccccc1. The Bertz CT molecular complexity index is 769. The molecule has 0 unspecified atom stereocenters. The van der Waals surface area contributed by atoms with E-state index in [0.29, 0.717) is 5.56 Å². The summed E-state index contributed by atoms with van der Waals surface area (Å²) in [6, 6.07) is 17.0. The van der Waals surface area contributed by atoms with Crippen molar-refractivity contribution in [1.82, 2.24) is 9.71 Å². The predicted octanol–water partition coefficient (Wildman–Crippen LogP) is 3.06. The fourth-order valence-corrected chi connectivity index (χ4v) is 1.95. The molecule has 0 bridgehead atoms. The first-order valence-corrected chi connectivity index (χ1v) is 5.90. The first kappa shape index (κ1) is 11.3. The van der Waals surface area contributed by atoms with E-state index < -0.39 is 0 Å². The standard InChI is InChI=1S/C15H11N3O/c1-11-17-14-8-7-12(10-16)9-15(14)18(11)19-13-5-3-2-4-6-13/h2-9H,1H3. The number of benzene rings is 2. The molecular weight excluding hydrogens is 238 g/mol. The molecule has 0 spiro atoms. The van der Waals surface area contributed by atoms with Gasteiger partial charge in [-0.05, 0) is 37.3 Å². The van der Waals surface area contributed by atoms with Crippen LogP contribution < -0.4 is 4.84 Å². The van der Waals surface area contributed by atoms with Crippen LogP contribution in [0.1, 0.15) is 11.4 Å². The molecule has 0 aliphatic heterocycles. The van der Waals surface area contributed by atoms with Crippen LogP contribution in [0.4, 0.5) is 0 Å². The Morgan fingerprint density at radius 1 is 1.16 bits per heavy atom. The van der Waals surface area contributed by atoms with Gasteiger partial charge in [0.1, 0.15) is 11.3 Å². The monoisotopic (exact) mass is 249 g/mol. The highest BCUT2D eigenvalue weighted by Gasteiger charge is 2.09. The maximum absolute atomic E-state index is 8.96. The van der Waals surface area contributed by atoms with E-state index in [-0.39, 0.29) is 0 Å². The van der Waals surface area contributed by atoms with E-state index in [1.165, 1.54) is 0 Å². The van der Waals surface area contributed by atoms with E-state index in [1.54, 1.807) is 16.9 Å². The van der Waals surface area contributed by atoms with Crippen molar-refractivity contribution in [3.63, 3.8) is 0 Å². The van der Waals surface area contributed by atoms with E-state index in [2.05, 4.69) is 11.1 Å². The van der Waals surface area contributed by atoms with Crippen molar-refractivity contribution in [2.45, 2.75) is 6.92 Å². The molecule has 3 rings (SSSR count). The first-order valence-electron chi connectivity index (χ1n) is 5.90. The van der Waals surface area contributed by atoms with Gasteiger partial charge in [0.05, 0.1) is 17.1 Å². The molecule has 3 aromatic rings. The smallest absolute Gasteiger partial charge is 0.155 e. The van der Waals surface area contributed by atoms with Gasteiger partial charge in [0.2, 0.25) is 0 Å². The van der Waals surface area contributed by atoms with E-state index >= 15 is 0 Å². The van der Waals surface area contributed by atoms with Crippen LogP contribution >= 0.6 is 0 Å². The Kier molecular flexibility index (Phi) is 2.66. The third-order valence-corrected chi connectivity index (χ3v) is 2.84. The number of aromatic nitrogens is 2. The van der Waals surface area contributed by atoms with Gasteiger partial charge in [-0.2, -0.15) is 9.99 Å². The van der Waals surface area contributed by atoms with Crippen molar-refractivity contribution >= 4 is 11.0 Å². The molecule has 4 heteroatoms. The zero-order valence-electron chi connectivity index (χ0n) is 10.4. The molecule has 1 heterocycles. The Labute approximate surface area is 110 Å². The second-order valence-corrected chi connectivity index (χ2v) is 4.17. The lowest BCUT2D eigenvalue weighted by Gasteiger charge is -2.08. The van der Waals surface area contributed by atoms with Gasteiger partial charge in [0.15, 0.2) is 5.75 Å². The van der Waals surface area contributed by atoms with Crippen LogP contribution in [0.15, 0.2) is 48.5 Å². The first-order chi connectivity index (χ1) is 9.28. The average molecular weight is 249 g/mol. The zero-order chi connectivity index (χ0) is 13.2. The summed E-state index contributed by atoms with van der Waals surface area (Å²) in [5.41, 5.74) is 2.19. The number of para-hydroxylation sites is 1. The Hall–Kier alpha value is -2.80. The van der Waals surface area contributed by atoms with Gasteiger partial charge >= 0.3 is 0 Å².